The molecule has 1 saturated heterocycles. The number of carbonyl (C=O) groups excluding carboxylic acids is 2. The third-order valence-corrected chi connectivity index (χ3v) is 5.82. The van der Waals surface area contributed by atoms with E-state index < -0.39 is 35.6 Å². The van der Waals surface area contributed by atoms with Gasteiger partial charge in [-0.1, -0.05) is 35.9 Å². The smallest absolute Gasteiger partial charge is 0.507 e. The second-order valence-corrected chi connectivity index (χ2v) is 8.31. The molecule has 6 nitrogen and oxygen atoms in total. The molecule has 1 aliphatic heterocycles. The van der Waals surface area contributed by atoms with Gasteiger partial charge in [-0.3, -0.25) is 14.5 Å². The lowest BCUT2D eigenvalue weighted by molar-refractivity contribution is -0.274. The van der Waals surface area contributed by atoms with Gasteiger partial charge in [0.2, 0.25) is 0 Å². The van der Waals surface area contributed by atoms with Gasteiger partial charge in [0.25, 0.3) is 11.7 Å². The van der Waals surface area contributed by atoms with Gasteiger partial charge in [-0.05, 0) is 55.3 Å². The predicted octanol–water partition coefficient (Wildman–Crippen LogP) is 5.84. The number of aliphatic hydroxyl groups is 1. The number of benzene rings is 3. The van der Waals surface area contributed by atoms with Crippen LogP contribution in [0.2, 0.25) is 0 Å². The lowest BCUT2D eigenvalue weighted by Gasteiger charge is -2.26. The fourth-order valence-corrected chi connectivity index (χ4v) is 4.26. The number of methoxy groups -OCH3 is 1. The Morgan fingerprint density at radius 3 is 2.31 bits per heavy atom. The highest BCUT2D eigenvalue weighted by molar-refractivity contribution is 6.51. The average molecular weight is 497 g/mol. The summed E-state index contributed by atoms with van der Waals surface area (Å²) in [7, 11) is 1.49. The van der Waals surface area contributed by atoms with Crippen molar-refractivity contribution in [3.8, 4) is 11.5 Å². The van der Waals surface area contributed by atoms with E-state index in [0.717, 1.165) is 22.6 Å². The number of alkyl halides is 3. The number of hydrogen-bond acceptors (Lipinski definition) is 5. The van der Waals surface area contributed by atoms with Gasteiger partial charge in [-0.25, -0.2) is 0 Å². The van der Waals surface area contributed by atoms with Crippen molar-refractivity contribution in [1.29, 1.82) is 0 Å². The second-order valence-electron chi connectivity index (χ2n) is 8.31. The third-order valence-electron chi connectivity index (χ3n) is 5.82. The molecule has 3 aromatic rings. The Kier molecular flexibility index (Phi) is 6.49. The number of rotatable bonds is 5. The number of Topliss-reactive ketones (excluding diaryl/α,β-unsaturated/α-hetero) is 1. The summed E-state index contributed by atoms with van der Waals surface area (Å²) in [4.78, 5) is 27.6. The van der Waals surface area contributed by atoms with Crippen molar-refractivity contribution in [2.75, 3.05) is 12.0 Å². The van der Waals surface area contributed by atoms with Crippen LogP contribution in [0.5, 0.6) is 11.5 Å². The number of ether oxygens (including phenoxy) is 2. The van der Waals surface area contributed by atoms with Crippen molar-refractivity contribution in [3.63, 3.8) is 0 Å². The second kappa shape index (κ2) is 9.41. The van der Waals surface area contributed by atoms with Crippen LogP contribution < -0.4 is 14.4 Å². The molecule has 1 fully saturated rings. The average Bonchev–Trinajstić information content (AvgIpc) is 3.08. The van der Waals surface area contributed by atoms with Crippen LogP contribution in [-0.4, -0.2) is 30.3 Å². The van der Waals surface area contributed by atoms with E-state index in [1.807, 2.05) is 13.0 Å². The molecule has 1 aliphatic rings. The van der Waals surface area contributed by atoms with Crippen LogP contribution in [0, 0.1) is 13.8 Å². The predicted molar refractivity (Wildman–Crippen MR) is 127 cm³/mol. The van der Waals surface area contributed by atoms with Crippen LogP contribution in [0.3, 0.4) is 0 Å². The van der Waals surface area contributed by atoms with Crippen molar-refractivity contribution in [1.82, 2.24) is 0 Å². The van der Waals surface area contributed by atoms with Crippen molar-refractivity contribution in [3.05, 3.63) is 94.6 Å². The quantitative estimate of drug-likeness (QED) is 0.272. The molecule has 1 atom stereocenters. The third kappa shape index (κ3) is 4.77. The summed E-state index contributed by atoms with van der Waals surface area (Å²) in [5.74, 6) is -2.35. The van der Waals surface area contributed by atoms with E-state index in [0.29, 0.717) is 22.4 Å². The Morgan fingerprint density at radius 2 is 1.67 bits per heavy atom. The Bertz CT molecular complexity index is 1380. The first kappa shape index (κ1) is 24.8. The number of amides is 1. The number of aryl methyl sites for hydroxylation is 2. The first-order chi connectivity index (χ1) is 17.0. The molecule has 1 unspecified atom stereocenters. The maximum Gasteiger partial charge on any atom is 0.573 e. The lowest BCUT2D eigenvalue weighted by Crippen LogP contribution is -2.29. The van der Waals surface area contributed by atoms with Crippen molar-refractivity contribution < 1.29 is 37.3 Å². The first-order valence-electron chi connectivity index (χ1n) is 10.9. The van der Waals surface area contributed by atoms with Crippen LogP contribution in [0.4, 0.5) is 18.9 Å². The number of ketones is 1. The monoisotopic (exact) mass is 497 g/mol. The Morgan fingerprint density at radius 1 is 0.944 bits per heavy atom. The minimum absolute atomic E-state index is 0.0101. The highest BCUT2D eigenvalue weighted by Gasteiger charge is 2.47. The summed E-state index contributed by atoms with van der Waals surface area (Å²) in [5.41, 5.74) is 2.08. The zero-order valence-corrected chi connectivity index (χ0v) is 19.6. The molecule has 1 heterocycles. The van der Waals surface area contributed by atoms with Crippen molar-refractivity contribution >= 4 is 23.1 Å². The van der Waals surface area contributed by atoms with Crippen LogP contribution in [0.1, 0.15) is 28.3 Å². The van der Waals surface area contributed by atoms with Crippen LogP contribution in [0.15, 0.2) is 72.3 Å². The molecule has 0 aromatic heterocycles. The van der Waals surface area contributed by atoms with Gasteiger partial charge in [0.05, 0.1) is 18.7 Å². The van der Waals surface area contributed by atoms with Gasteiger partial charge >= 0.3 is 6.36 Å². The van der Waals surface area contributed by atoms with Crippen LogP contribution in [0.25, 0.3) is 5.76 Å². The van der Waals surface area contributed by atoms with E-state index >= 15 is 0 Å². The summed E-state index contributed by atoms with van der Waals surface area (Å²) < 4.78 is 47.7. The molecule has 0 bridgehead atoms. The molecule has 9 heteroatoms. The minimum Gasteiger partial charge on any atom is -0.507 e. The standard InChI is InChI=1S/C27H22F3NO5/c1-15-6-4-7-17(12-15)23-22(24(32)21-11-10-19(35-3)13-16(21)2)25(33)26(34)31(23)18-8-5-9-20(14-18)36-27(28,29)30/h4-14,23,32H,1-3H3/b24-22-. The van der Waals surface area contributed by atoms with Gasteiger partial charge < -0.3 is 14.6 Å². The molecular formula is C27H22F3NO5. The first-order valence-corrected chi connectivity index (χ1v) is 10.9. The van der Waals surface area contributed by atoms with Crippen molar-refractivity contribution in [2.45, 2.75) is 26.3 Å². The van der Waals surface area contributed by atoms with Gasteiger partial charge in [-0.15, -0.1) is 13.2 Å². The molecule has 1 N–H and O–H groups in total. The number of anilines is 1. The van der Waals surface area contributed by atoms with E-state index in [4.69, 9.17) is 4.74 Å². The van der Waals surface area contributed by atoms with E-state index in [-0.39, 0.29) is 11.3 Å². The van der Waals surface area contributed by atoms with Crippen LogP contribution in [-0.2, 0) is 9.59 Å². The van der Waals surface area contributed by atoms with Crippen LogP contribution >= 0.6 is 0 Å². The fraction of sp³-hybridized carbons (Fsp3) is 0.185. The summed E-state index contributed by atoms with van der Waals surface area (Å²) in [6.45, 7) is 3.54. The lowest BCUT2D eigenvalue weighted by atomic mass is 9.93. The van der Waals surface area contributed by atoms with Gasteiger partial charge in [0.1, 0.15) is 17.3 Å². The molecule has 4 rings (SSSR count). The van der Waals surface area contributed by atoms with Crippen molar-refractivity contribution in [2.24, 2.45) is 0 Å². The maximum absolute atomic E-state index is 13.3. The minimum atomic E-state index is -4.94. The number of hydrogen-bond donors (Lipinski definition) is 1. The SMILES string of the molecule is COc1ccc(/C(O)=C2/C(=O)C(=O)N(c3cccc(OC(F)(F)F)c3)C2c2cccc(C)c2)c(C)c1. The normalized spacial score (nSPS) is 17.4. The van der Waals surface area contributed by atoms with Gasteiger partial charge in [-0.2, -0.15) is 0 Å². The fourth-order valence-electron chi connectivity index (χ4n) is 4.26. The Labute approximate surface area is 205 Å². The Hall–Kier alpha value is -4.27. The molecule has 0 radical (unpaired) electrons. The molecule has 0 saturated carbocycles. The molecular weight excluding hydrogens is 475 g/mol. The number of aliphatic hydroxyl groups excluding tert-OH is 1. The molecule has 36 heavy (non-hydrogen) atoms. The van der Waals surface area contributed by atoms with Gasteiger partial charge in [0, 0.05) is 17.3 Å². The topological polar surface area (TPSA) is 76.1 Å². The molecule has 3 aromatic carbocycles. The molecule has 0 spiro atoms. The molecule has 0 aliphatic carbocycles. The van der Waals surface area contributed by atoms with E-state index in [1.165, 1.54) is 19.2 Å². The number of carbonyl (C=O) groups is 2. The largest absolute Gasteiger partial charge is 0.573 e. The number of nitrogens with zero attached hydrogens (tertiary/aromatic N) is 1. The number of halogens is 3. The highest BCUT2D eigenvalue weighted by Crippen LogP contribution is 2.43. The summed E-state index contributed by atoms with van der Waals surface area (Å²) in [5, 5.41) is 11.3. The summed E-state index contributed by atoms with van der Waals surface area (Å²) >= 11 is 0. The summed E-state index contributed by atoms with van der Waals surface area (Å²) in [6.07, 6.45) is -4.94. The zero-order chi connectivity index (χ0) is 26.2. The van der Waals surface area contributed by atoms with Gasteiger partial charge in [0.15, 0.2) is 0 Å². The van der Waals surface area contributed by atoms with E-state index in [1.54, 1.807) is 43.3 Å². The molecule has 1 amide bonds. The van der Waals surface area contributed by atoms with E-state index in [2.05, 4.69) is 4.74 Å². The summed E-state index contributed by atoms with van der Waals surface area (Å²) in [6, 6.07) is 15.5. The molecule has 186 valence electrons. The maximum atomic E-state index is 13.3. The van der Waals surface area contributed by atoms with E-state index in [9.17, 15) is 27.9 Å². The Balaban J connectivity index is 1.92. The zero-order valence-electron chi connectivity index (χ0n) is 19.6. The highest BCUT2D eigenvalue weighted by atomic mass is 19.4.